The van der Waals surface area contributed by atoms with E-state index in [9.17, 15) is 19.2 Å². The van der Waals surface area contributed by atoms with Gasteiger partial charge in [0.15, 0.2) is 0 Å². The van der Waals surface area contributed by atoms with Crippen molar-refractivity contribution in [3.63, 3.8) is 0 Å². The van der Waals surface area contributed by atoms with Crippen molar-refractivity contribution in [2.45, 2.75) is 110 Å². The second-order valence-electron chi connectivity index (χ2n) is 12.6. The van der Waals surface area contributed by atoms with E-state index in [4.69, 9.17) is 0 Å². The number of aromatic nitrogens is 2. The maximum Gasteiger partial charge on any atom is 0.270 e. The van der Waals surface area contributed by atoms with Crippen LogP contribution in [0.1, 0.15) is 102 Å². The number of hydrogen-bond acceptors (Lipinski definition) is 5. The number of aryl methyl sites for hydroxylation is 1. The van der Waals surface area contributed by atoms with Gasteiger partial charge in [-0.25, -0.2) is 4.39 Å². The van der Waals surface area contributed by atoms with E-state index in [0.717, 1.165) is 38.5 Å². The Morgan fingerprint density at radius 2 is 1.61 bits per heavy atom. The normalized spacial score (nSPS) is 21.0. The minimum atomic E-state index is -0.881. The molecule has 4 atom stereocenters. The number of rotatable bonds is 13. The number of hydrogen-bond donors (Lipinski definition) is 4. The Kier molecular flexibility index (Phi) is 11.2. The fourth-order valence-corrected chi connectivity index (χ4v) is 6.05. The topological polar surface area (TPSA) is 134 Å². The molecule has 240 valence electrons. The van der Waals surface area contributed by atoms with Gasteiger partial charge in [-0.2, -0.15) is 5.10 Å². The van der Waals surface area contributed by atoms with E-state index >= 15 is 4.39 Å². The lowest BCUT2D eigenvalue weighted by atomic mass is 9.79. The number of anilines is 1. The molecule has 1 heterocycles. The molecule has 1 aromatic carbocycles. The van der Waals surface area contributed by atoms with Crippen LogP contribution in [0, 0.1) is 23.6 Å². The first-order valence-electron chi connectivity index (χ1n) is 16.0. The van der Waals surface area contributed by atoms with Crippen molar-refractivity contribution >= 4 is 29.3 Å². The van der Waals surface area contributed by atoms with E-state index in [-0.39, 0.29) is 35.9 Å². The molecule has 4 amide bonds. The monoisotopic (exact) mass is 610 g/mol. The van der Waals surface area contributed by atoms with Crippen molar-refractivity contribution in [3.05, 3.63) is 47.5 Å². The number of benzene rings is 1. The molecule has 1 aromatic heterocycles. The highest BCUT2D eigenvalue weighted by atomic mass is 19.1. The van der Waals surface area contributed by atoms with Crippen molar-refractivity contribution in [3.8, 4) is 0 Å². The van der Waals surface area contributed by atoms with E-state index < -0.39 is 35.6 Å². The summed E-state index contributed by atoms with van der Waals surface area (Å²) >= 11 is 0. The Hall–Kier alpha value is -3.76. The van der Waals surface area contributed by atoms with Crippen LogP contribution in [-0.2, 0) is 20.9 Å². The SMILES string of the molecule is CCC(=O)N[C@@H](C(=O)N[C@@H](C)C1CC1)[C@@H](C)c1ccc(NC(=O)[C@@H](NC(=O)c2ccnn2CC)C2CCC(C)CC2)c(F)c1. The van der Waals surface area contributed by atoms with Crippen LogP contribution in [0.3, 0.4) is 0 Å². The summed E-state index contributed by atoms with van der Waals surface area (Å²) in [5, 5.41) is 15.6. The van der Waals surface area contributed by atoms with Crippen molar-refractivity contribution in [1.82, 2.24) is 25.7 Å². The molecule has 4 rings (SSSR count). The van der Waals surface area contributed by atoms with Crippen molar-refractivity contribution in [2.24, 2.45) is 17.8 Å². The van der Waals surface area contributed by atoms with Gasteiger partial charge in [0.2, 0.25) is 17.7 Å². The minimum Gasteiger partial charge on any atom is -0.352 e. The van der Waals surface area contributed by atoms with Gasteiger partial charge in [0.1, 0.15) is 23.6 Å². The first-order valence-corrected chi connectivity index (χ1v) is 16.0. The van der Waals surface area contributed by atoms with Crippen LogP contribution >= 0.6 is 0 Å². The van der Waals surface area contributed by atoms with E-state index in [1.807, 2.05) is 13.8 Å². The van der Waals surface area contributed by atoms with Gasteiger partial charge in [-0.3, -0.25) is 23.9 Å². The van der Waals surface area contributed by atoms with E-state index in [1.165, 1.54) is 12.1 Å². The second kappa shape index (κ2) is 14.8. The molecule has 10 nitrogen and oxygen atoms in total. The number of halogens is 1. The summed E-state index contributed by atoms with van der Waals surface area (Å²) in [6.45, 7) is 10.0. The van der Waals surface area contributed by atoms with E-state index in [2.05, 4.69) is 33.3 Å². The molecule has 0 radical (unpaired) electrons. The molecule has 0 saturated heterocycles. The van der Waals surface area contributed by atoms with Crippen LogP contribution in [0.2, 0.25) is 0 Å². The summed E-state index contributed by atoms with van der Waals surface area (Å²) in [7, 11) is 0. The van der Waals surface area contributed by atoms with Crippen LogP contribution in [0.5, 0.6) is 0 Å². The first kappa shape index (κ1) is 33.1. The van der Waals surface area contributed by atoms with Crippen LogP contribution in [0.4, 0.5) is 10.1 Å². The Morgan fingerprint density at radius 1 is 0.932 bits per heavy atom. The average molecular weight is 611 g/mol. The standard InChI is InChI=1S/C33H47FN6O4/c1-6-28(41)38-29(32(43)36-21(5)22-12-13-22)20(4)24-14-15-26(25(34)18-24)37-33(44)30(23-10-8-19(3)9-11-23)39-31(42)27-16-17-35-40(27)7-2/h14-23,29-30H,6-13H2,1-5H3,(H,36,43)(H,37,44)(H,38,41)(H,39,42)/t19?,20-,21-,23?,29+,30-/m0/s1. The summed E-state index contributed by atoms with van der Waals surface area (Å²) in [4.78, 5) is 52.3. The molecule has 2 aliphatic rings. The highest BCUT2D eigenvalue weighted by Crippen LogP contribution is 2.33. The third-order valence-electron chi connectivity index (χ3n) is 9.25. The van der Waals surface area contributed by atoms with E-state index in [1.54, 1.807) is 36.9 Å². The summed E-state index contributed by atoms with van der Waals surface area (Å²) in [6, 6.07) is 4.29. The van der Waals surface area contributed by atoms with Crippen molar-refractivity contribution in [2.75, 3.05) is 5.32 Å². The lowest BCUT2D eigenvalue weighted by Gasteiger charge is -2.32. The zero-order valence-electron chi connectivity index (χ0n) is 26.5. The smallest absolute Gasteiger partial charge is 0.270 e. The molecule has 2 aromatic rings. The van der Waals surface area contributed by atoms with Crippen LogP contribution in [0.25, 0.3) is 0 Å². The Bertz CT molecular complexity index is 1330. The van der Waals surface area contributed by atoms with Crippen LogP contribution in [0.15, 0.2) is 30.5 Å². The zero-order valence-corrected chi connectivity index (χ0v) is 26.5. The fourth-order valence-electron chi connectivity index (χ4n) is 6.05. The Labute approximate surface area is 259 Å². The van der Waals surface area contributed by atoms with Gasteiger partial charge in [-0.15, -0.1) is 0 Å². The van der Waals surface area contributed by atoms with Crippen molar-refractivity contribution < 1.29 is 23.6 Å². The summed E-state index contributed by atoms with van der Waals surface area (Å²) in [5.41, 5.74) is 0.850. The van der Waals surface area contributed by atoms with Gasteiger partial charge in [-0.05, 0) is 81.0 Å². The zero-order chi connectivity index (χ0) is 32.0. The number of amides is 4. The van der Waals surface area contributed by atoms with Gasteiger partial charge < -0.3 is 21.3 Å². The van der Waals surface area contributed by atoms with Crippen LogP contribution < -0.4 is 21.3 Å². The highest BCUT2D eigenvalue weighted by molar-refractivity contribution is 6.00. The quantitative estimate of drug-likeness (QED) is 0.265. The molecule has 4 N–H and O–H groups in total. The summed E-state index contributed by atoms with van der Waals surface area (Å²) in [5.74, 6) is -1.76. The summed E-state index contributed by atoms with van der Waals surface area (Å²) in [6.07, 6.45) is 7.33. The molecule has 44 heavy (non-hydrogen) atoms. The Morgan fingerprint density at radius 3 is 2.23 bits per heavy atom. The largest absolute Gasteiger partial charge is 0.352 e. The molecule has 2 fully saturated rings. The molecule has 0 spiro atoms. The molecule has 0 unspecified atom stereocenters. The number of nitrogens with one attached hydrogen (secondary N) is 4. The lowest BCUT2D eigenvalue weighted by Crippen LogP contribution is -2.51. The minimum absolute atomic E-state index is 0.00611. The molecular formula is C33H47FN6O4. The van der Waals surface area contributed by atoms with Gasteiger partial charge >= 0.3 is 0 Å². The number of carbonyl (C=O) groups is 4. The average Bonchev–Trinajstić information content (AvgIpc) is 3.76. The predicted octanol–water partition coefficient (Wildman–Crippen LogP) is 4.52. The number of carbonyl (C=O) groups excluding carboxylic acids is 4. The maximum absolute atomic E-state index is 15.5. The molecule has 0 bridgehead atoms. The van der Waals surface area contributed by atoms with Gasteiger partial charge in [0.05, 0.1) is 5.69 Å². The molecule has 11 heteroatoms. The molecular weight excluding hydrogens is 563 g/mol. The molecule has 0 aliphatic heterocycles. The molecule has 2 aliphatic carbocycles. The van der Waals surface area contributed by atoms with Gasteiger partial charge in [0, 0.05) is 31.1 Å². The first-order chi connectivity index (χ1) is 21.0. The van der Waals surface area contributed by atoms with Gasteiger partial charge in [-0.1, -0.05) is 39.7 Å². The third kappa shape index (κ3) is 8.24. The van der Waals surface area contributed by atoms with Crippen LogP contribution in [-0.4, -0.2) is 51.5 Å². The fraction of sp³-hybridized carbons (Fsp3) is 0.606. The third-order valence-corrected chi connectivity index (χ3v) is 9.25. The second-order valence-corrected chi connectivity index (χ2v) is 12.6. The maximum atomic E-state index is 15.5. The number of nitrogens with zero attached hydrogens (tertiary/aromatic N) is 2. The Balaban J connectivity index is 1.50. The van der Waals surface area contributed by atoms with Gasteiger partial charge in [0.25, 0.3) is 5.91 Å². The summed E-state index contributed by atoms with van der Waals surface area (Å²) < 4.78 is 17.1. The predicted molar refractivity (Wildman–Crippen MR) is 166 cm³/mol. The lowest BCUT2D eigenvalue weighted by molar-refractivity contribution is -0.129. The van der Waals surface area contributed by atoms with Crippen molar-refractivity contribution in [1.29, 1.82) is 0 Å². The highest BCUT2D eigenvalue weighted by Gasteiger charge is 2.35. The van der Waals surface area contributed by atoms with E-state index in [0.29, 0.717) is 29.6 Å². The molecule has 2 saturated carbocycles.